The molecule has 1 saturated heterocycles. The highest BCUT2D eigenvalue weighted by Gasteiger charge is 2.34. The highest BCUT2D eigenvalue weighted by atomic mass is 19.4. The zero-order valence-corrected chi connectivity index (χ0v) is 16.5. The van der Waals surface area contributed by atoms with Gasteiger partial charge in [-0.2, -0.15) is 13.2 Å². The van der Waals surface area contributed by atoms with Gasteiger partial charge in [-0.25, -0.2) is 0 Å². The minimum Gasteiger partial charge on any atom is -0.354 e. The van der Waals surface area contributed by atoms with E-state index in [1.807, 2.05) is 20.9 Å². The molecule has 1 aromatic rings. The molecular formula is C20H28F3N3O2. The lowest BCUT2D eigenvalue weighted by molar-refractivity contribution is -0.138. The van der Waals surface area contributed by atoms with Crippen LogP contribution in [0.15, 0.2) is 24.3 Å². The molecule has 2 atom stereocenters. The second kappa shape index (κ2) is 9.41. The van der Waals surface area contributed by atoms with E-state index in [9.17, 15) is 22.8 Å². The van der Waals surface area contributed by atoms with Crippen molar-refractivity contribution in [2.24, 2.45) is 0 Å². The first-order valence-electron chi connectivity index (χ1n) is 9.51. The Morgan fingerprint density at radius 3 is 2.43 bits per heavy atom. The summed E-state index contributed by atoms with van der Waals surface area (Å²) in [6.45, 7) is 4.17. The topological polar surface area (TPSA) is 61.4 Å². The van der Waals surface area contributed by atoms with E-state index in [4.69, 9.17) is 0 Å². The lowest BCUT2D eigenvalue weighted by Crippen LogP contribution is -2.43. The second-order valence-corrected chi connectivity index (χ2v) is 7.61. The Labute approximate surface area is 163 Å². The van der Waals surface area contributed by atoms with Gasteiger partial charge in [0.2, 0.25) is 11.8 Å². The fourth-order valence-electron chi connectivity index (χ4n) is 3.60. The van der Waals surface area contributed by atoms with Crippen LogP contribution in [-0.2, 0) is 22.2 Å². The predicted molar refractivity (Wildman–Crippen MR) is 101 cm³/mol. The SMILES string of the molecule is CC(C)NC(=O)C[C@H]1CC[C@@H](CNC(=O)Cc2ccccc2C(F)(F)F)N1C. The summed E-state index contributed by atoms with van der Waals surface area (Å²) in [6, 6.07) is 5.38. The zero-order valence-electron chi connectivity index (χ0n) is 16.5. The number of benzene rings is 1. The third kappa shape index (κ3) is 6.22. The number of nitrogens with one attached hydrogen (secondary N) is 2. The molecule has 156 valence electrons. The van der Waals surface area contributed by atoms with E-state index in [0.29, 0.717) is 13.0 Å². The van der Waals surface area contributed by atoms with Crippen molar-refractivity contribution < 1.29 is 22.8 Å². The van der Waals surface area contributed by atoms with Crippen LogP contribution >= 0.6 is 0 Å². The number of hydrogen-bond acceptors (Lipinski definition) is 3. The molecule has 2 rings (SSSR count). The van der Waals surface area contributed by atoms with Gasteiger partial charge in [-0.05, 0) is 45.4 Å². The summed E-state index contributed by atoms with van der Waals surface area (Å²) in [6.07, 6.45) is -2.72. The van der Waals surface area contributed by atoms with Gasteiger partial charge in [-0.15, -0.1) is 0 Å². The molecule has 8 heteroatoms. The van der Waals surface area contributed by atoms with Gasteiger partial charge < -0.3 is 10.6 Å². The van der Waals surface area contributed by atoms with E-state index in [0.717, 1.165) is 18.9 Å². The Bertz CT molecular complexity index is 692. The van der Waals surface area contributed by atoms with E-state index in [1.165, 1.54) is 18.2 Å². The summed E-state index contributed by atoms with van der Waals surface area (Å²) in [4.78, 5) is 26.2. The Kier molecular flexibility index (Phi) is 7.46. The third-order valence-corrected chi connectivity index (χ3v) is 5.06. The van der Waals surface area contributed by atoms with Crippen LogP contribution in [-0.4, -0.2) is 48.4 Å². The summed E-state index contributed by atoms with van der Waals surface area (Å²) in [5.74, 6) is -0.439. The van der Waals surface area contributed by atoms with Gasteiger partial charge in [-0.1, -0.05) is 18.2 Å². The highest BCUT2D eigenvalue weighted by Crippen LogP contribution is 2.32. The van der Waals surface area contributed by atoms with Crippen LogP contribution in [0.25, 0.3) is 0 Å². The number of alkyl halides is 3. The van der Waals surface area contributed by atoms with Crippen molar-refractivity contribution in [2.75, 3.05) is 13.6 Å². The van der Waals surface area contributed by atoms with E-state index in [-0.39, 0.29) is 36.0 Å². The molecule has 0 saturated carbocycles. The predicted octanol–water partition coefficient (Wildman–Crippen LogP) is 2.74. The van der Waals surface area contributed by atoms with Gasteiger partial charge >= 0.3 is 6.18 Å². The molecule has 1 aliphatic heterocycles. The second-order valence-electron chi connectivity index (χ2n) is 7.61. The van der Waals surface area contributed by atoms with Crippen molar-refractivity contribution in [3.05, 3.63) is 35.4 Å². The molecule has 2 amide bonds. The van der Waals surface area contributed by atoms with E-state index in [2.05, 4.69) is 15.5 Å². The van der Waals surface area contributed by atoms with Crippen molar-refractivity contribution >= 4 is 11.8 Å². The van der Waals surface area contributed by atoms with E-state index < -0.39 is 17.6 Å². The largest absolute Gasteiger partial charge is 0.416 e. The Balaban J connectivity index is 1.85. The van der Waals surface area contributed by atoms with Gasteiger partial charge in [0.1, 0.15) is 0 Å². The van der Waals surface area contributed by atoms with Gasteiger partial charge in [0.15, 0.2) is 0 Å². The van der Waals surface area contributed by atoms with E-state index in [1.54, 1.807) is 0 Å². The monoisotopic (exact) mass is 399 g/mol. The van der Waals surface area contributed by atoms with Gasteiger partial charge in [0, 0.05) is 31.1 Å². The molecule has 0 bridgehead atoms. The first-order valence-corrected chi connectivity index (χ1v) is 9.51. The molecule has 0 aromatic heterocycles. The van der Waals surface area contributed by atoms with Gasteiger partial charge in [0.25, 0.3) is 0 Å². The van der Waals surface area contributed by atoms with Crippen LogP contribution in [0.1, 0.15) is 44.2 Å². The first-order chi connectivity index (χ1) is 13.1. The lowest BCUT2D eigenvalue weighted by Gasteiger charge is -2.26. The maximum absolute atomic E-state index is 13.0. The third-order valence-electron chi connectivity index (χ3n) is 5.06. The first kappa shape index (κ1) is 22.2. The van der Waals surface area contributed by atoms with Crippen LogP contribution in [0.3, 0.4) is 0 Å². The number of likely N-dealkylation sites (N-methyl/N-ethyl adjacent to an activating group) is 1. The Hall–Kier alpha value is -2.09. The maximum atomic E-state index is 13.0. The minimum absolute atomic E-state index is 0.000272. The zero-order chi connectivity index (χ0) is 20.9. The summed E-state index contributed by atoms with van der Waals surface area (Å²) in [7, 11) is 1.91. The molecule has 2 N–H and O–H groups in total. The molecule has 1 fully saturated rings. The lowest BCUT2D eigenvalue weighted by atomic mass is 10.0. The quantitative estimate of drug-likeness (QED) is 0.741. The summed E-state index contributed by atoms with van der Waals surface area (Å²) < 4.78 is 39.1. The molecule has 1 aliphatic rings. The number of rotatable bonds is 7. The standard InChI is InChI=1S/C20H28F3N3O2/c1-13(2)25-19(28)11-15-8-9-16(26(15)3)12-24-18(27)10-14-6-4-5-7-17(14)20(21,22)23/h4-7,13,15-16H,8-12H2,1-3H3,(H,24,27)(H,25,28)/t15-,16+/m1/s1. The number of nitrogens with zero attached hydrogens (tertiary/aromatic N) is 1. The van der Waals surface area contributed by atoms with Crippen LogP contribution in [0.2, 0.25) is 0 Å². The molecule has 1 heterocycles. The molecule has 0 unspecified atom stereocenters. The maximum Gasteiger partial charge on any atom is 0.416 e. The number of likely N-dealkylation sites (tertiary alicyclic amines) is 1. The van der Waals surface area contributed by atoms with Gasteiger partial charge in [-0.3, -0.25) is 14.5 Å². The fourth-order valence-corrected chi connectivity index (χ4v) is 3.60. The number of carbonyl (C=O) groups excluding carboxylic acids is 2. The van der Waals surface area contributed by atoms with Crippen LogP contribution in [0, 0.1) is 0 Å². The molecule has 0 radical (unpaired) electrons. The average Bonchev–Trinajstić information content (AvgIpc) is 2.92. The van der Waals surface area contributed by atoms with Gasteiger partial charge in [0.05, 0.1) is 12.0 Å². The van der Waals surface area contributed by atoms with Crippen LogP contribution in [0.5, 0.6) is 0 Å². The Morgan fingerprint density at radius 1 is 1.14 bits per heavy atom. The number of halogens is 3. The fraction of sp³-hybridized carbons (Fsp3) is 0.600. The highest BCUT2D eigenvalue weighted by molar-refractivity contribution is 5.79. The molecule has 5 nitrogen and oxygen atoms in total. The number of hydrogen-bond donors (Lipinski definition) is 2. The molecule has 0 spiro atoms. The smallest absolute Gasteiger partial charge is 0.354 e. The van der Waals surface area contributed by atoms with Crippen LogP contribution < -0.4 is 10.6 Å². The summed E-state index contributed by atoms with van der Waals surface area (Å²) in [5.41, 5.74) is -0.810. The average molecular weight is 399 g/mol. The van der Waals surface area contributed by atoms with Crippen molar-refractivity contribution in [1.82, 2.24) is 15.5 Å². The van der Waals surface area contributed by atoms with Crippen molar-refractivity contribution in [1.29, 1.82) is 0 Å². The van der Waals surface area contributed by atoms with Crippen molar-refractivity contribution in [3.8, 4) is 0 Å². The van der Waals surface area contributed by atoms with Crippen molar-refractivity contribution in [2.45, 2.75) is 63.8 Å². The molecule has 1 aromatic carbocycles. The summed E-state index contributed by atoms with van der Waals surface area (Å²) >= 11 is 0. The van der Waals surface area contributed by atoms with Crippen molar-refractivity contribution in [3.63, 3.8) is 0 Å². The number of carbonyl (C=O) groups is 2. The van der Waals surface area contributed by atoms with E-state index >= 15 is 0 Å². The minimum atomic E-state index is -4.48. The normalized spacial score (nSPS) is 20.4. The Morgan fingerprint density at radius 2 is 1.79 bits per heavy atom. The molecular weight excluding hydrogens is 371 g/mol. The number of amides is 2. The molecule has 0 aliphatic carbocycles. The van der Waals surface area contributed by atoms with Crippen LogP contribution in [0.4, 0.5) is 13.2 Å². The summed E-state index contributed by atoms with van der Waals surface area (Å²) in [5, 5.41) is 5.61. The molecule has 28 heavy (non-hydrogen) atoms.